The van der Waals surface area contributed by atoms with Gasteiger partial charge in [0.15, 0.2) is 0 Å². The van der Waals surface area contributed by atoms with E-state index in [9.17, 15) is 13.6 Å². The third-order valence-electron chi connectivity index (χ3n) is 3.23. The topological polar surface area (TPSA) is 38.8 Å². The summed E-state index contributed by atoms with van der Waals surface area (Å²) in [6.07, 6.45) is 0.300. The molecule has 21 heavy (non-hydrogen) atoms. The van der Waals surface area contributed by atoms with E-state index in [1.54, 1.807) is 11.0 Å². The minimum absolute atomic E-state index is 0.140. The fraction of sp³-hybridized carbons (Fsp3) is 0.400. The summed E-state index contributed by atoms with van der Waals surface area (Å²) >= 11 is 0. The van der Waals surface area contributed by atoms with Crippen molar-refractivity contribution in [2.75, 3.05) is 33.4 Å². The molecule has 0 aliphatic carbocycles. The van der Waals surface area contributed by atoms with Crippen LogP contribution in [0.25, 0.3) is 6.08 Å². The molecular formula is C15H17F2NO3. The van der Waals surface area contributed by atoms with Crippen molar-refractivity contribution in [2.45, 2.75) is 6.43 Å². The first-order chi connectivity index (χ1) is 10.1. The Bertz CT molecular complexity index is 526. The van der Waals surface area contributed by atoms with E-state index < -0.39 is 6.43 Å². The molecule has 0 N–H and O–H groups in total. The minimum atomic E-state index is -2.62. The second kappa shape index (κ2) is 7.17. The number of amides is 1. The SMILES string of the molecule is COc1ccc(C=CC(=O)N2CCOCC2)cc1C(F)F. The summed E-state index contributed by atoms with van der Waals surface area (Å²) in [5.74, 6) is -0.00521. The average Bonchev–Trinajstić information content (AvgIpc) is 2.53. The lowest BCUT2D eigenvalue weighted by Gasteiger charge is -2.25. The van der Waals surface area contributed by atoms with Gasteiger partial charge in [-0.15, -0.1) is 0 Å². The van der Waals surface area contributed by atoms with E-state index in [0.717, 1.165) is 0 Å². The van der Waals surface area contributed by atoms with Gasteiger partial charge in [0.05, 0.1) is 25.9 Å². The van der Waals surface area contributed by atoms with Gasteiger partial charge in [0.1, 0.15) is 5.75 Å². The van der Waals surface area contributed by atoms with Crippen LogP contribution < -0.4 is 4.74 Å². The van der Waals surface area contributed by atoms with Crippen LogP contribution in [-0.2, 0) is 9.53 Å². The number of hydrogen-bond acceptors (Lipinski definition) is 3. The molecule has 0 unspecified atom stereocenters. The Hall–Kier alpha value is -1.95. The van der Waals surface area contributed by atoms with E-state index in [1.165, 1.54) is 31.4 Å². The number of rotatable bonds is 4. The summed E-state index contributed by atoms with van der Waals surface area (Å²) < 4.78 is 35.8. The van der Waals surface area contributed by atoms with Gasteiger partial charge in [-0.3, -0.25) is 4.79 Å². The van der Waals surface area contributed by atoms with Crippen LogP contribution in [0.3, 0.4) is 0 Å². The van der Waals surface area contributed by atoms with Crippen molar-refractivity contribution in [3.63, 3.8) is 0 Å². The molecule has 1 fully saturated rings. The van der Waals surface area contributed by atoms with Crippen molar-refractivity contribution in [1.29, 1.82) is 0 Å². The number of morpholine rings is 1. The molecule has 1 aromatic carbocycles. The van der Waals surface area contributed by atoms with Gasteiger partial charge in [-0.2, -0.15) is 0 Å². The number of benzene rings is 1. The molecule has 1 amide bonds. The number of ether oxygens (including phenoxy) is 2. The van der Waals surface area contributed by atoms with Gasteiger partial charge >= 0.3 is 0 Å². The monoisotopic (exact) mass is 297 g/mol. The number of halogens is 2. The summed E-state index contributed by atoms with van der Waals surface area (Å²) in [7, 11) is 1.35. The van der Waals surface area contributed by atoms with Gasteiger partial charge < -0.3 is 14.4 Å². The number of nitrogens with zero attached hydrogens (tertiary/aromatic N) is 1. The Balaban J connectivity index is 2.09. The van der Waals surface area contributed by atoms with Gasteiger partial charge in [-0.25, -0.2) is 8.78 Å². The van der Waals surface area contributed by atoms with E-state index in [-0.39, 0.29) is 17.2 Å². The molecule has 0 atom stereocenters. The highest BCUT2D eigenvalue weighted by Crippen LogP contribution is 2.30. The van der Waals surface area contributed by atoms with Crippen molar-refractivity contribution < 1.29 is 23.0 Å². The van der Waals surface area contributed by atoms with Gasteiger partial charge in [-0.05, 0) is 23.8 Å². The molecule has 1 aliphatic rings. The number of methoxy groups -OCH3 is 1. The highest BCUT2D eigenvalue weighted by molar-refractivity contribution is 5.91. The Morgan fingerprint density at radius 3 is 2.71 bits per heavy atom. The van der Waals surface area contributed by atoms with Gasteiger partial charge in [-0.1, -0.05) is 6.07 Å². The molecule has 0 bridgehead atoms. The van der Waals surface area contributed by atoms with E-state index in [1.807, 2.05) is 0 Å². The highest BCUT2D eigenvalue weighted by Gasteiger charge is 2.15. The Labute approximate surface area is 121 Å². The van der Waals surface area contributed by atoms with Crippen LogP contribution in [-0.4, -0.2) is 44.2 Å². The summed E-state index contributed by atoms with van der Waals surface area (Å²) in [5, 5.41) is 0. The third-order valence-corrected chi connectivity index (χ3v) is 3.23. The molecular weight excluding hydrogens is 280 g/mol. The largest absolute Gasteiger partial charge is 0.496 e. The van der Waals surface area contributed by atoms with Crippen molar-refractivity contribution in [1.82, 2.24) is 4.90 Å². The van der Waals surface area contributed by atoms with Crippen LogP contribution in [0.15, 0.2) is 24.3 Å². The number of carbonyl (C=O) groups excluding carboxylic acids is 1. The van der Waals surface area contributed by atoms with Crippen LogP contribution >= 0.6 is 0 Å². The van der Waals surface area contributed by atoms with Crippen LogP contribution in [0.4, 0.5) is 8.78 Å². The molecule has 1 saturated heterocycles. The average molecular weight is 297 g/mol. The molecule has 1 aliphatic heterocycles. The first-order valence-electron chi connectivity index (χ1n) is 6.62. The standard InChI is InChI=1S/C15H17F2NO3/c1-20-13-4-2-11(10-12(13)15(16)17)3-5-14(19)18-6-8-21-9-7-18/h2-5,10,15H,6-9H2,1H3. The molecule has 0 radical (unpaired) electrons. The zero-order valence-electron chi connectivity index (χ0n) is 11.7. The summed E-state index contributed by atoms with van der Waals surface area (Å²) in [6, 6.07) is 4.43. The van der Waals surface area contributed by atoms with Crippen molar-refractivity contribution >= 4 is 12.0 Å². The van der Waals surface area contributed by atoms with Crippen molar-refractivity contribution in [2.24, 2.45) is 0 Å². The van der Waals surface area contributed by atoms with Crippen LogP contribution in [0.2, 0.25) is 0 Å². The molecule has 1 aromatic rings. The smallest absolute Gasteiger partial charge is 0.267 e. The first-order valence-corrected chi connectivity index (χ1v) is 6.62. The second-order valence-electron chi connectivity index (χ2n) is 4.57. The lowest BCUT2D eigenvalue weighted by atomic mass is 10.1. The molecule has 114 valence electrons. The maximum atomic E-state index is 12.9. The predicted octanol–water partition coefficient (Wildman–Crippen LogP) is 2.50. The van der Waals surface area contributed by atoms with E-state index in [0.29, 0.717) is 31.9 Å². The van der Waals surface area contributed by atoms with Crippen molar-refractivity contribution in [3.05, 3.63) is 35.4 Å². The van der Waals surface area contributed by atoms with Crippen LogP contribution in [0.5, 0.6) is 5.75 Å². The van der Waals surface area contributed by atoms with Crippen LogP contribution in [0.1, 0.15) is 17.6 Å². The summed E-state index contributed by atoms with van der Waals surface area (Å²) in [5.41, 5.74) is 0.353. The second-order valence-corrected chi connectivity index (χ2v) is 4.57. The number of alkyl halides is 2. The molecule has 0 spiro atoms. The molecule has 4 nitrogen and oxygen atoms in total. The predicted molar refractivity (Wildman–Crippen MR) is 74.4 cm³/mol. The molecule has 1 heterocycles. The molecule has 2 rings (SSSR count). The maximum Gasteiger partial charge on any atom is 0.267 e. The number of hydrogen-bond donors (Lipinski definition) is 0. The molecule has 0 aromatic heterocycles. The lowest BCUT2D eigenvalue weighted by Crippen LogP contribution is -2.39. The van der Waals surface area contributed by atoms with E-state index in [4.69, 9.17) is 9.47 Å². The lowest BCUT2D eigenvalue weighted by molar-refractivity contribution is -0.129. The molecule has 0 saturated carbocycles. The maximum absolute atomic E-state index is 12.9. The van der Waals surface area contributed by atoms with Gasteiger partial charge in [0.25, 0.3) is 6.43 Å². The fourth-order valence-electron chi connectivity index (χ4n) is 2.08. The summed E-state index contributed by atoms with van der Waals surface area (Å²) in [6.45, 7) is 2.15. The first kappa shape index (κ1) is 15.4. The van der Waals surface area contributed by atoms with E-state index >= 15 is 0 Å². The Morgan fingerprint density at radius 2 is 2.10 bits per heavy atom. The van der Waals surface area contributed by atoms with Gasteiger partial charge in [0, 0.05) is 19.2 Å². The zero-order valence-corrected chi connectivity index (χ0v) is 11.7. The quantitative estimate of drug-likeness (QED) is 0.802. The normalized spacial score (nSPS) is 15.7. The Kier molecular flexibility index (Phi) is 5.27. The minimum Gasteiger partial charge on any atom is -0.496 e. The van der Waals surface area contributed by atoms with Crippen LogP contribution in [0, 0.1) is 0 Å². The Morgan fingerprint density at radius 1 is 1.38 bits per heavy atom. The highest BCUT2D eigenvalue weighted by atomic mass is 19.3. The van der Waals surface area contributed by atoms with Gasteiger partial charge in [0.2, 0.25) is 5.91 Å². The zero-order chi connectivity index (χ0) is 15.2. The third kappa shape index (κ3) is 4.01. The molecule has 6 heteroatoms. The van der Waals surface area contributed by atoms with E-state index in [2.05, 4.69) is 0 Å². The summed E-state index contributed by atoms with van der Waals surface area (Å²) in [4.78, 5) is 13.6. The van der Waals surface area contributed by atoms with Crippen molar-refractivity contribution in [3.8, 4) is 5.75 Å². The fourth-order valence-corrected chi connectivity index (χ4v) is 2.08. The number of carbonyl (C=O) groups is 1.